The minimum atomic E-state index is -0.653. The van der Waals surface area contributed by atoms with Crippen LogP contribution < -0.4 is 0 Å². The molecule has 84 valence electrons. The van der Waals surface area contributed by atoms with Gasteiger partial charge in [0.2, 0.25) is 0 Å². The largest absolute Gasteiger partial charge is 0.465 e. The molecule has 0 radical (unpaired) electrons. The third kappa shape index (κ3) is 3.06. The number of non-ortho nitro benzene ring substituents is 1. The molecule has 1 rings (SSSR count). The third-order valence-corrected chi connectivity index (χ3v) is 2.04. The molecule has 0 unspecified atom stereocenters. The molecular weight excluding hydrogens is 234 g/mol. The summed E-state index contributed by atoms with van der Waals surface area (Å²) >= 11 is 5.62. The van der Waals surface area contributed by atoms with Crippen molar-refractivity contribution in [2.75, 3.05) is 7.11 Å². The number of carbonyl (C=O) groups is 1. The molecule has 0 N–H and O–H groups in total. The first kappa shape index (κ1) is 12.2. The summed E-state index contributed by atoms with van der Waals surface area (Å²) in [5.74, 6) is -0.653. The summed E-state index contributed by atoms with van der Waals surface area (Å²) in [6.45, 7) is 0. The van der Waals surface area contributed by atoms with Crippen molar-refractivity contribution < 1.29 is 14.5 Å². The van der Waals surface area contributed by atoms with E-state index in [4.69, 9.17) is 11.6 Å². The molecule has 0 amide bonds. The fraction of sp³-hybridized carbons (Fsp3) is 0.100. The highest BCUT2D eigenvalue weighted by Gasteiger charge is 2.07. The second-order valence-electron chi connectivity index (χ2n) is 2.83. The topological polar surface area (TPSA) is 69.4 Å². The van der Waals surface area contributed by atoms with Crippen LogP contribution in [-0.4, -0.2) is 18.0 Å². The average molecular weight is 242 g/mol. The zero-order chi connectivity index (χ0) is 12.1. The van der Waals surface area contributed by atoms with E-state index in [1.807, 2.05) is 0 Å². The molecule has 6 heteroatoms. The Bertz CT molecular complexity index is 439. The molecule has 0 fully saturated rings. The van der Waals surface area contributed by atoms with Gasteiger partial charge in [0.15, 0.2) is 0 Å². The molecular formula is C10H8ClNO4. The van der Waals surface area contributed by atoms with E-state index in [1.54, 1.807) is 0 Å². The van der Waals surface area contributed by atoms with Crippen LogP contribution in [0.4, 0.5) is 5.69 Å². The molecule has 0 saturated heterocycles. The van der Waals surface area contributed by atoms with E-state index >= 15 is 0 Å². The Morgan fingerprint density at radius 1 is 1.44 bits per heavy atom. The zero-order valence-corrected chi connectivity index (χ0v) is 9.10. The first-order valence-electron chi connectivity index (χ1n) is 4.24. The maximum Gasteiger partial charge on any atom is 0.349 e. The van der Waals surface area contributed by atoms with Crippen molar-refractivity contribution in [2.24, 2.45) is 0 Å². The summed E-state index contributed by atoms with van der Waals surface area (Å²) in [7, 11) is 1.22. The van der Waals surface area contributed by atoms with Crippen LogP contribution in [0.2, 0.25) is 0 Å². The average Bonchev–Trinajstić information content (AvgIpc) is 2.28. The van der Waals surface area contributed by atoms with Crippen molar-refractivity contribution in [2.45, 2.75) is 0 Å². The number of nitro benzene ring substituents is 1. The van der Waals surface area contributed by atoms with E-state index in [0.29, 0.717) is 5.56 Å². The summed E-state index contributed by atoms with van der Waals surface area (Å²) in [5.41, 5.74) is 0.562. The number of hydrogen-bond acceptors (Lipinski definition) is 4. The lowest BCUT2D eigenvalue weighted by Crippen LogP contribution is -1.99. The van der Waals surface area contributed by atoms with Gasteiger partial charge in [-0.05, 0) is 23.8 Å². The van der Waals surface area contributed by atoms with Gasteiger partial charge in [0.25, 0.3) is 5.69 Å². The second-order valence-corrected chi connectivity index (χ2v) is 3.24. The third-order valence-electron chi connectivity index (χ3n) is 1.78. The van der Waals surface area contributed by atoms with Crippen LogP contribution in [0.3, 0.4) is 0 Å². The van der Waals surface area contributed by atoms with Crippen LogP contribution in [0.25, 0.3) is 6.08 Å². The molecule has 0 atom stereocenters. The van der Waals surface area contributed by atoms with Crippen LogP contribution in [0.15, 0.2) is 29.3 Å². The number of rotatable bonds is 3. The number of carbonyl (C=O) groups excluding carboxylic acids is 1. The molecule has 5 nitrogen and oxygen atoms in total. The van der Waals surface area contributed by atoms with E-state index in [-0.39, 0.29) is 10.7 Å². The van der Waals surface area contributed by atoms with Crippen LogP contribution >= 0.6 is 11.6 Å². The first-order chi connectivity index (χ1) is 7.54. The SMILES string of the molecule is COC(=O)/C(Cl)=C/c1ccc([N+](=O)[O-])cc1. The number of methoxy groups -OCH3 is 1. The maximum atomic E-state index is 11.0. The smallest absolute Gasteiger partial charge is 0.349 e. The predicted octanol–water partition coefficient (Wildman–Crippen LogP) is 2.35. The van der Waals surface area contributed by atoms with Gasteiger partial charge in [-0.15, -0.1) is 0 Å². The van der Waals surface area contributed by atoms with Gasteiger partial charge < -0.3 is 4.74 Å². The fourth-order valence-corrected chi connectivity index (χ4v) is 1.20. The summed E-state index contributed by atoms with van der Waals surface area (Å²) < 4.78 is 4.40. The van der Waals surface area contributed by atoms with Gasteiger partial charge >= 0.3 is 5.97 Å². The Kier molecular flexibility index (Phi) is 4.02. The molecule has 0 bridgehead atoms. The van der Waals surface area contributed by atoms with Gasteiger partial charge in [0, 0.05) is 12.1 Å². The van der Waals surface area contributed by atoms with E-state index in [0.717, 1.165) is 0 Å². The van der Waals surface area contributed by atoms with E-state index < -0.39 is 10.9 Å². The Morgan fingerprint density at radius 2 is 2.00 bits per heavy atom. The lowest BCUT2D eigenvalue weighted by molar-refractivity contribution is -0.384. The van der Waals surface area contributed by atoms with Crippen LogP contribution in [-0.2, 0) is 9.53 Å². The highest BCUT2D eigenvalue weighted by Crippen LogP contribution is 2.16. The van der Waals surface area contributed by atoms with Gasteiger partial charge in [-0.1, -0.05) is 11.6 Å². The van der Waals surface area contributed by atoms with Crippen LogP contribution in [0.5, 0.6) is 0 Å². The monoisotopic (exact) mass is 241 g/mol. The number of halogens is 1. The fourth-order valence-electron chi connectivity index (χ4n) is 0.995. The van der Waals surface area contributed by atoms with Gasteiger partial charge in [0.05, 0.1) is 12.0 Å². The van der Waals surface area contributed by atoms with Crippen molar-refractivity contribution in [3.05, 3.63) is 45.0 Å². The van der Waals surface area contributed by atoms with Crippen molar-refractivity contribution in [1.82, 2.24) is 0 Å². The minimum Gasteiger partial charge on any atom is -0.465 e. The quantitative estimate of drug-likeness (QED) is 0.353. The predicted molar refractivity (Wildman–Crippen MR) is 58.9 cm³/mol. The lowest BCUT2D eigenvalue weighted by atomic mass is 10.2. The molecule has 0 heterocycles. The summed E-state index contributed by atoms with van der Waals surface area (Å²) in [6.07, 6.45) is 1.37. The summed E-state index contributed by atoms with van der Waals surface area (Å²) in [6, 6.07) is 5.63. The van der Waals surface area contributed by atoms with Gasteiger partial charge in [-0.3, -0.25) is 10.1 Å². The molecule has 0 spiro atoms. The molecule has 0 aliphatic heterocycles. The Hall–Kier alpha value is -1.88. The number of esters is 1. The van der Waals surface area contributed by atoms with Gasteiger partial charge in [-0.2, -0.15) is 0 Å². The lowest BCUT2D eigenvalue weighted by Gasteiger charge is -1.97. The van der Waals surface area contributed by atoms with Gasteiger partial charge in [-0.25, -0.2) is 4.79 Å². The van der Waals surface area contributed by atoms with Crippen molar-refractivity contribution >= 4 is 29.3 Å². The Balaban J connectivity index is 2.91. The summed E-state index contributed by atoms with van der Waals surface area (Å²) in [5, 5.41) is 10.3. The zero-order valence-electron chi connectivity index (χ0n) is 8.34. The number of ether oxygens (including phenoxy) is 1. The molecule has 1 aromatic carbocycles. The molecule has 1 aromatic rings. The van der Waals surface area contributed by atoms with E-state index in [9.17, 15) is 14.9 Å². The van der Waals surface area contributed by atoms with Crippen LogP contribution in [0.1, 0.15) is 5.56 Å². The number of hydrogen-bond donors (Lipinski definition) is 0. The van der Waals surface area contributed by atoms with Crippen molar-refractivity contribution in [3.8, 4) is 0 Å². The Labute approximate surface area is 96.4 Å². The van der Waals surface area contributed by atoms with Crippen molar-refractivity contribution in [1.29, 1.82) is 0 Å². The summed E-state index contributed by atoms with van der Waals surface area (Å²) in [4.78, 5) is 20.8. The molecule has 0 aliphatic carbocycles. The van der Waals surface area contributed by atoms with E-state index in [2.05, 4.69) is 4.74 Å². The maximum absolute atomic E-state index is 11.0. The number of nitrogens with zero attached hydrogens (tertiary/aromatic N) is 1. The number of benzene rings is 1. The normalized spacial score (nSPS) is 11.0. The standard InChI is InChI=1S/C10H8ClNO4/c1-16-10(13)9(11)6-7-2-4-8(5-3-7)12(14)15/h2-6H,1H3/b9-6-. The van der Waals surface area contributed by atoms with Crippen molar-refractivity contribution in [3.63, 3.8) is 0 Å². The Morgan fingerprint density at radius 3 is 2.44 bits per heavy atom. The highest BCUT2D eigenvalue weighted by molar-refractivity contribution is 6.43. The first-order valence-corrected chi connectivity index (χ1v) is 4.62. The van der Waals surface area contributed by atoms with Crippen LogP contribution in [0, 0.1) is 10.1 Å². The van der Waals surface area contributed by atoms with E-state index in [1.165, 1.54) is 37.5 Å². The second kappa shape index (κ2) is 5.27. The number of nitro groups is 1. The highest BCUT2D eigenvalue weighted by atomic mass is 35.5. The minimum absolute atomic E-state index is 0.0219. The molecule has 16 heavy (non-hydrogen) atoms. The van der Waals surface area contributed by atoms with Gasteiger partial charge in [0.1, 0.15) is 5.03 Å². The molecule has 0 aliphatic rings. The molecule has 0 saturated carbocycles. The molecule has 0 aromatic heterocycles.